The Morgan fingerprint density at radius 1 is 1.47 bits per heavy atom. The normalized spacial score (nSPS) is 10.8. The van der Waals surface area contributed by atoms with Gasteiger partial charge in [0.05, 0.1) is 4.60 Å². The molecule has 0 atom stereocenters. The third-order valence-electron chi connectivity index (χ3n) is 2.30. The molecule has 1 aromatic heterocycles. The van der Waals surface area contributed by atoms with Crippen molar-refractivity contribution in [3.8, 4) is 0 Å². The van der Waals surface area contributed by atoms with Crippen LogP contribution in [0.3, 0.4) is 0 Å². The summed E-state index contributed by atoms with van der Waals surface area (Å²) in [7, 11) is 0. The van der Waals surface area contributed by atoms with Crippen LogP contribution >= 0.6 is 15.9 Å². The average Bonchev–Trinajstić information content (AvgIpc) is 2.41. The summed E-state index contributed by atoms with van der Waals surface area (Å²) in [6, 6.07) is 7.90. The number of halogens is 1. The molecule has 0 saturated carbocycles. The fourth-order valence-corrected chi connectivity index (χ4v) is 2.22. The Hall–Kier alpha value is -1.29. The van der Waals surface area contributed by atoms with E-state index in [0.29, 0.717) is 0 Å². The Bertz CT molecular complexity index is 531. The molecular formula is C11H10BrNO2. The summed E-state index contributed by atoms with van der Waals surface area (Å²) >= 11 is 3.36. The zero-order chi connectivity index (χ0) is 11.0. The smallest absolute Gasteiger partial charge is 0.323 e. The molecule has 1 N–H and O–H groups in total. The molecule has 0 radical (unpaired) electrons. The number of benzene rings is 1. The number of hydrogen-bond donors (Lipinski definition) is 1. The molecule has 2 rings (SSSR count). The Morgan fingerprint density at radius 3 is 2.87 bits per heavy atom. The van der Waals surface area contributed by atoms with Crippen LogP contribution in [0.5, 0.6) is 0 Å². The number of aryl methyl sites for hydroxylation is 1. The van der Waals surface area contributed by atoms with Crippen LogP contribution < -0.4 is 0 Å². The van der Waals surface area contributed by atoms with E-state index < -0.39 is 5.97 Å². The maximum atomic E-state index is 10.7. The minimum atomic E-state index is -0.839. The second-order valence-corrected chi connectivity index (χ2v) is 4.32. The number of carboxylic acids is 1. The van der Waals surface area contributed by atoms with E-state index in [9.17, 15) is 4.79 Å². The molecule has 0 unspecified atom stereocenters. The van der Waals surface area contributed by atoms with Gasteiger partial charge in [-0.3, -0.25) is 4.79 Å². The standard InChI is InChI=1S/C11H10BrNO2/c1-7-2-3-9-8(4-7)5-10(12)13(9)6-11(14)15/h2-5H,6H2,1H3,(H,14,15). The molecule has 15 heavy (non-hydrogen) atoms. The van der Waals surface area contributed by atoms with Crippen molar-refractivity contribution in [3.63, 3.8) is 0 Å². The monoisotopic (exact) mass is 267 g/mol. The number of hydrogen-bond acceptors (Lipinski definition) is 1. The molecule has 0 spiro atoms. The van der Waals surface area contributed by atoms with Gasteiger partial charge in [0.25, 0.3) is 0 Å². The van der Waals surface area contributed by atoms with Crippen molar-refractivity contribution >= 4 is 32.8 Å². The lowest BCUT2D eigenvalue weighted by Crippen LogP contribution is -2.08. The first kappa shape index (κ1) is 10.2. The molecule has 0 aliphatic heterocycles. The molecule has 0 aliphatic rings. The van der Waals surface area contributed by atoms with Crippen LogP contribution in [-0.4, -0.2) is 15.6 Å². The van der Waals surface area contributed by atoms with Gasteiger partial charge in [0.2, 0.25) is 0 Å². The lowest BCUT2D eigenvalue weighted by Gasteiger charge is -2.03. The van der Waals surface area contributed by atoms with E-state index in [1.54, 1.807) is 4.57 Å². The first-order chi connectivity index (χ1) is 7.08. The fourth-order valence-electron chi connectivity index (χ4n) is 1.65. The van der Waals surface area contributed by atoms with Crippen molar-refractivity contribution < 1.29 is 9.90 Å². The number of aromatic nitrogens is 1. The zero-order valence-corrected chi connectivity index (χ0v) is 9.78. The molecule has 2 aromatic rings. The molecule has 4 heteroatoms. The number of carbonyl (C=O) groups is 1. The van der Waals surface area contributed by atoms with E-state index >= 15 is 0 Å². The molecule has 0 amide bonds. The average molecular weight is 268 g/mol. The minimum absolute atomic E-state index is 0.0207. The third-order valence-corrected chi connectivity index (χ3v) is 2.96. The van der Waals surface area contributed by atoms with E-state index in [2.05, 4.69) is 15.9 Å². The second-order valence-electron chi connectivity index (χ2n) is 3.51. The maximum absolute atomic E-state index is 10.7. The van der Waals surface area contributed by atoms with E-state index in [4.69, 9.17) is 5.11 Å². The van der Waals surface area contributed by atoms with Crippen molar-refractivity contribution in [1.29, 1.82) is 0 Å². The Morgan fingerprint density at radius 2 is 2.20 bits per heavy atom. The van der Waals surface area contributed by atoms with Crippen LogP contribution in [0.1, 0.15) is 5.56 Å². The van der Waals surface area contributed by atoms with Gasteiger partial charge in [-0.05, 0) is 41.1 Å². The van der Waals surface area contributed by atoms with Crippen LogP contribution in [0.4, 0.5) is 0 Å². The largest absolute Gasteiger partial charge is 0.480 e. The van der Waals surface area contributed by atoms with Gasteiger partial charge in [-0.15, -0.1) is 0 Å². The number of nitrogens with zero attached hydrogens (tertiary/aromatic N) is 1. The summed E-state index contributed by atoms with van der Waals surface area (Å²) in [5, 5.41) is 9.84. The summed E-state index contributed by atoms with van der Waals surface area (Å²) in [4.78, 5) is 10.7. The fraction of sp³-hybridized carbons (Fsp3) is 0.182. The van der Waals surface area contributed by atoms with Gasteiger partial charge in [-0.1, -0.05) is 11.6 Å². The number of fused-ring (bicyclic) bond motifs is 1. The van der Waals surface area contributed by atoms with E-state index in [1.165, 1.54) is 5.56 Å². The number of aliphatic carboxylic acids is 1. The Kier molecular flexibility index (Phi) is 2.52. The highest BCUT2D eigenvalue weighted by Gasteiger charge is 2.09. The van der Waals surface area contributed by atoms with Crippen LogP contribution in [0.15, 0.2) is 28.9 Å². The van der Waals surface area contributed by atoms with Crippen molar-refractivity contribution in [2.75, 3.05) is 0 Å². The summed E-state index contributed by atoms with van der Waals surface area (Å²) in [5.41, 5.74) is 2.11. The first-order valence-electron chi connectivity index (χ1n) is 4.55. The quantitative estimate of drug-likeness (QED) is 0.909. The number of carboxylic acid groups (broad SMARTS) is 1. The van der Waals surface area contributed by atoms with Crippen LogP contribution in [0.25, 0.3) is 10.9 Å². The Balaban J connectivity index is 2.63. The first-order valence-corrected chi connectivity index (χ1v) is 5.34. The van der Waals surface area contributed by atoms with Gasteiger partial charge in [0, 0.05) is 10.9 Å². The van der Waals surface area contributed by atoms with Crippen molar-refractivity contribution in [2.45, 2.75) is 13.5 Å². The molecule has 0 saturated heterocycles. The molecule has 0 fully saturated rings. The van der Waals surface area contributed by atoms with Crippen LogP contribution in [0.2, 0.25) is 0 Å². The molecule has 0 aliphatic carbocycles. The molecule has 1 aromatic carbocycles. The highest BCUT2D eigenvalue weighted by molar-refractivity contribution is 9.10. The lowest BCUT2D eigenvalue weighted by atomic mass is 10.2. The SMILES string of the molecule is Cc1ccc2c(c1)cc(Br)n2CC(=O)O. The molecule has 78 valence electrons. The summed E-state index contributed by atoms with van der Waals surface area (Å²) in [6.45, 7) is 2.00. The highest BCUT2D eigenvalue weighted by atomic mass is 79.9. The van der Waals surface area contributed by atoms with E-state index in [1.807, 2.05) is 31.2 Å². The second kappa shape index (κ2) is 3.70. The van der Waals surface area contributed by atoms with Crippen molar-refractivity contribution in [1.82, 2.24) is 4.57 Å². The third kappa shape index (κ3) is 1.90. The number of rotatable bonds is 2. The Labute approximate surface area is 95.5 Å². The molecule has 0 bridgehead atoms. The van der Waals surface area contributed by atoms with Gasteiger partial charge in [-0.25, -0.2) is 0 Å². The lowest BCUT2D eigenvalue weighted by molar-refractivity contribution is -0.137. The van der Waals surface area contributed by atoms with Crippen LogP contribution in [-0.2, 0) is 11.3 Å². The zero-order valence-electron chi connectivity index (χ0n) is 8.20. The summed E-state index contributed by atoms with van der Waals surface area (Å²) in [6.07, 6.45) is 0. The van der Waals surface area contributed by atoms with Gasteiger partial charge in [0.1, 0.15) is 6.54 Å². The predicted molar refractivity (Wildman–Crippen MR) is 62.0 cm³/mol. The molecule has 3 nitrogen and oxygen atoms in total. The van der Waals surface area contributed by atoms with Gasteiger partial charge in [-0.2, -0.15) is 0 Å². The van der Waals surface area contributed by atoms with Crippen LogP contribution in [0, 0.1) is 6.92 Å². The van der Waals surface area contributed by atoms with Crippen molar-refractivity contribution in [3.05, 3.63) is 34.4 Å². The van der Waals surface area contributed by atoms with E-state index in [-0.39, 0.29) is 6.54 Å². The predicted octanol–water partition coefficient (Wildman–Crippen LogP) is 2.80. The maximum Gasteiger partial charge on any atom is 0.323 e. The van der Waals surface area contributed by atoms with Crippen molar-refractivity contribution in [2.24, 2.45) is 0 Å². The van der Waals surface area contributed by atoms with Gasteiger partial charge >= 0.3 is 5.97 Å². The molecular weight excluding hydrogens is 258 g/mol. The van der Waals surface area contributed by atoms with E-state index in [0.717, 1.165) is 15.5 Å². The van der Waals surface area contributed by atoms with Gasteiger partial charge in [0.15, 0.2) is 0 Å². The summed E-state index contributed by atoms with van der Waals surface area (Å²) in [5.74, 6) is -0.839. The van der Waals surface area contributed by atoms with Gasteiger partial charge < -0.3 is 9.67 Å². The highest BCUT2D eigenvalue weighted by Crippen LogP contribution is 2.24. The molecule has 1 heterocycles. The minimum Gasteiger partial charge on any atom is -0.480 e. The topological polar surface area (TPSA) is 42.2 Å². The summed E-state index contributed by atoms with van der Waals surface area (Å²) < 4.78 is 2.53.